The molecule has 0 spiro atoms. The number of unbranched alkanes of at least 4 members (excludes halogenated alkanes) is 1. The van der Waals surface area contributed by atoms with Gasteiger partial charge in [0, 0.05) is 18.0 Å². The molecule has 2 N–H and O–H groups in total. The van der Waals surface area contributed by atoms with Gasteiger partial charge in [0.25, 0.3) is 0 Å². The van der Waals surface area contributed by atoms with Crippen molar-refractivity contribution < 1.29 is 0 Å². The minimum atomic E-state index is 0.605. The fraction of sp³-hybridized carbons (Fsp3) is 0.727. The summed E-state index contributed by atoms with van der Waals surface area (Å²) in [5.41, 5.74) is 3.03. The molecule has 3 nitrogen and oxygen atoms in total. The summed E-state index contributed by atoms with van der Waals surface area (Å²) >= 11 is 1.65. The summed E-state index contributed by atoms with van der Waals surface area (Å²) in [4.78, 5) is 4.22. The maximum Gasteiger partial charge on any atom is 0.0795 e. The average molecular weight is 227 g/mol. The Balaban J connectivity index is 1.85. The predicted octanol–water partition coefficient (Wildman–Crippen LogP) is 2.01. The topological polar surface area (TPSA) is 37.0 Å². The lowest BCUT2D eigenvalue weighted by atomic mass is 10.3. The normalized spacial score (nSPS) is 11.1. The third-order valence-corrected chi connectivity index (χ3v) is 2.76. The van der Waals surface area contributed by atoms with E-state index in [2.05, 4.69) is 34.8 Å². The zero-order valence-electron chi connectivity index (χ0n) is 9.62. The van der Waals surface area contributed by atoms with Crippen LogP contribution in [0, 0.1) is 0 Å². The number of thiazole rings is 1. The van der Waals surface area contributed by atoms with Crippen LogP contribution in [0.25, 0.3) is 0 Å². The first-order valence-corrected chi connectivity index (χ1v) is 6.54. The Bertz CT molecular complexity index is 234. The molecular formula is C11H21N3S. The molecule has 0 bridgehead atoms. The molecule has 0 unspecified atom stereocenters. The van der Waals surface area contributed by atoms with E-state index in [0.29, 0.717) is 6.04 Å². The molecule has 0 aliphatic carbocycles. The average Bonchev–Trinajstić information content (AvgIpc) is 2.68. The van der Waals surface area contributed by atoms with Crippen LogP contribution < -0.4 is 10.6 Å². The molecule has 0 saturated heterocycles. The van der Waals surface area contributed by atoms with Gasteiger partial charge >= 0.3 is 0 Å². The minimum absolute atomic E-state index is 0.605. The van der Waals surface area contributed by atoms with Gasteiger partial charge in [-0.3, -0.25) is 0 Å². The molecule has 0 radical (unpaired) electrons. The highest BCUT2D eigenvalue weighted by molar-refractivity contribution is 7.07. The van der Waals surface area contributed by atoms with E-state index in [1.807, 2.05) is 5.51 Å². The fourth-order valence-electron chi connectivity index (χ4n) is 1.31. The standard InChI is InChI=1S/C11H21N3S/c1-10(2)13-6-4-3-5-12-7-11-8-15-9-14-11/h8-10,12-13H,3-7H2,1-2H3. The van der Waals surface area contributed by atoms with Crippen molar-refractivity contribution in [3.05, 3.63) is 16.6 Å². The number of aromatic nitrogens is 1. The van der Waals surface area contributed by atoms with Crippen LogP contribution in [0.3, 0.4) is 0 Å². The summed E-state index contributed by atoms with van der Waals surface area (Å²) in [6.45, 7) is 7.47. The largest absolute Gasteiger partial charge is 0.315 e. The van der Waals surface area contributed by atoms with Crippen LogP contribution in [0.1, 0.15) is 32.4 Å². The fourth-order valence-corrected chi connectivity index (χ4v) is 1.87. The van der Waals surface area contributed by atoms with Crippen molar-refractivity contribution in [2.75, 3.05) is 13.1 Å². The second-order valence-electron chi connectivity index (χ2n) is 3.97. The van der Waals surface area contributed by atoms with Crippen molar-refractivity contribution >= 4 is 11.3 Å². The first-order valence-electron chi connectivity index (χ1n) is 5.60. The van der Waals surface area contributed by atoms with Gasteiger partial charge in [-0.1, -0.05) is 13.8 Å². The van der Waals surface area contributed by atoms with Gasteiger partial charge in [0.15, 0.2) is 0 Å². The van der Waals surface area contributed by atoms with E-state index in [4.69, 9.17) is 0 Å². The number of nitrogens with zero attached hydrogens (tertiary/aromatic N) is 1. The zero-order chi connectivity index (χ0) is 10.9. The van der Waals surface area contributed by atoms with Crippen molar-refractivity contribution in [3.63, 3.8) is 0 Å². The first-order chi connectivity index (χ1) is 7.29. The van der Waals surface area contributed by atoms with E-state index in [0.717, 1.165) is 25.3 Å². The van der Waals surface area contributed by atoms with E-state index in [-0.39, 0.29) is 0 Å². The molecule has 0 aliphatic rings. The number of nitrogens with one attached hydrogen (secondary N) is 2. The van der Waals surface area contributed by atoms with Crippen molar-refractivity contribution in [2.45, 2.75) is 39.3 Å². The summed E-state index contributed by atoms with van der Waals surface area (Å²) in [7, 11) is 0. The summed E-state index contributed by atoms with van der Waals surface area (Å²) in [6.07, 6.45) is 2.46. The first kappa shape index (κ1) is 12.6. The number of hydrogen-bond acceptors (Lipinski definition) is 4. The van der Waals surface area contributed by atoms with Crippen LogP contribution in [-0.4, -0.2) is 24.1 Å². The summed E-state index contributed by atoms with van der Waals surface area (Å²) in [6, 6.07) is 0.605. The highest BCUT2D eigenvalue weighted by Gasteiger charge is 1.94. The molecule has 0 amide bonds. The van der Waals surface area contributed by atoms with E-state index in [1.54, 1.807) is 11.3 Å². The zero-order valence-corrected chi connectivity index (χ0v) is 10.4. The molecule has 0 fully saturated rings. The highest BCUT2D eigenvalue weighted by Crippen LogP contribution is 1.99. The molecule has 0 atom stereocenters. The molecule has 1 rings (SSSR count). The van der Waals surface area contributed by atoms with Crippen molar-refractivity contribution in [3.8, 4) is 0 Å². The molecule has 0 aromatic carbocycles. The van der Waals surface area contributed by atoms with Crippen LogP contribution in [0.15, 0.2) is 10.9 Å². The van der Waals surface area contributed by atoms with Gasteiger partial charge in [-0.15, -0.1) is 11.3 Å². The summed E-state index contributed by atoms with van der Waals surface area (Å²) in [5.74, 6) is 0. The van der Waals surface area contributed by atoms with Crippen LogP contribution in [0.4, 0.5) is 0 Å². The van der Waals surface area contributed by atoms with Crippen LogP contribution >= 0.6 is 11.3 Å². The Morgan fingerprint density at radius 3 is 2.80 bits per heavy atom. The number of hydrogen-bond donors (Lipinski definition) is 2. The maximum atomic E-state index is 4.22. The SMILES string of the molecule is CC(C)NCCCCNCc1cscn1. The molecule has 0 aliphatic heterocycles. The smallest absolute Gasteiger partial charge is 0.0795 e. The van der Waals surface area contributed by atoms with E-state index < -0.39 is 0 Å². The van der Waals surface area contributed by atoms with Crippen LogP contribution in [-0.2, 0) is 6.54 Å². The lowest BCUT2D eigenvalue weighted by Gasteiger charge is -2.07. The Morgan fingerprint density at radius 2 is 2.13 bits per heavy atom. The molecule has 86 valence electrons. The van der Waals surface area contributed by atoms with Gasteiger partial charge in [0.05, 0.1) is 11.2 Å². The van der Waals surface area contributed by atoms with Gasteiger partial charge in [0.1, 0.15) is 0 Å². The second kappa shape index (κ2) is 7.79. The quantitative estimate of drug-likeness (QED) is 0.667. The van der Waals surface area contributed by atoms with Gasteiger partial charge in [0.2, 0.25) is 0 Å². The Hall–Kier alpha value is -0.450. The minimum Gasteiger partial charge on any atom is -0.315 e. The predicted molar refractivity (Wildman–Crippen MR) is 66.2 cm³/mol. The molecule has 1 heterocycles. The third kappa shape index (κ3) is 6.60. The molecule has 15 heavy (non-hydrogen) atoms. The monoisotopic (exact) mass is 227 g/mol. The third-order valence-electron chi connectivity index (χ3n) is 2.12. The van der Waals surface area contributed by atoms with Gasteiger partial charge in [-0.05, 0) is 25.9 Å². The second-order valence-corrected chi connectivity index (χ2v) is 4.69. The lowest BCUT2D eigenvalue weighted by molar-refractivity contribution is 0.540. The summed E-state index contributed by atoms with van der Waals surface area (Å²) < 4.78 is 0. The van der Waals surface area contributed by atoms with E-state index in [1.165, 1.54) is 12.8 Å². The van der Waals surface area contributed by atoms with Gasteiger partial charge in [-0.2, -0.15) is 0 Å². The highest BCUT2D eigenvalue weighted by atomic mass is 32.1. The lowest BCUT2D eigenvalue weighted by Crippen LogP contribution is -2.24. The van der Waals surface area contributed by atoms with Crippen molar-refractivity contribution in [1.29, 1.82) is 0 Å². The van der Waals surface area contributed by atoms with Crippen molar-refractivity contribution in [2.24, 2.45) is 0 Å². The van der Waals surface area contributed by atoms with Crippen LogP contribution in [0.2, 0.25) is 0 Å². The van der Waals surface area contributed by atoms with Gasteiger partial charge in [-0.25, -0.2) is 4.98 Å². The van der Waals surface area contributed by atoms with Crippen LogP contribution in [0.5, 0.6) is 0 Å². The molecular weight excluding hydrogens is 206 g/mol. The Labute approximate surface area is 96.3 Å². The van der Waals surface area contributed by atoms with Crippen molar-refractivity contribution in [1.82, 2.24) is 15.6 Å². The molecule has 1 aromatic rings. The number of rotatable bonds is 8. The van der Waals surface area contributed by atoms with E-state index in [9.17, 15) is 0 Å². The van der Waals surface area contributed by atoms with E-state index >= 15 is 0 Å². The summed E-state index contributed by atoms with van der Waals surface area (Å²) in [5, 5.41) is 8.89. The molecule has 4 heteroatoms. The molecule has 0 saturated carbocycles. The Kier molecular flexibility index (Phi) is 6.55. The Morgan fingerprint density at radius 1 is 1.33 bits per heavy atom. The molecule has 1 aromatic heterocycles. The van der Waals surface area contributed by atoms with Gasteiger partial charge < -0.3 is 10.6 Å². The maximum absolute atomic E-state index is 4.22.